The van der Waals surface area contributed by atoms with E-state index in [0.29, 0.717) is 30.0 Å². The number of fused-ring (bicyclic) bond motifs is 2. The minimum absolute atomic E-state index is 0.0241. The van der Waals surface area contributed by atoms with Gasteiger partial charge in [-0.05, 0) is 78.6 Å². The lowest BCUT2D eigenvalue weighted by atomic mass is 9.46. The first-order valence-corrected chi connectivity index (χ1v) is 13.3. The fraction of sp³-hybridized carbons (Fsp3) is 0.862. The van der Waals surface area contributed by atoms with Crippen LogP contribution in [0.5, 0.6) is 0 Å². The van der Waals surface area contributed by atoms with Gasteiger partial charge in [-0.15, -0.1) is 0 Å². The van der Waals surface area contributed by atoms with Crippen LogP contribution in [0.3, 0.4) is 0 Å². The van der Waals surface area contributed by atoms with Crippen molar-refractivity contribution in [2.45, 2.75) is 119 Å². The quantitative estimate of drug-likeness (QED) is 0.413. The third-order valence-corrected chi connectivity index (χ3v) is 10.2. The van der Waals surface area contributed by atoms with Crippen LogP contribution in [0.4, 0.5) is 0 Å². The summed E-state index contributed by atoms with van der Waals surface area (Å²) in [7, 11) is 0. The first-order valence-electron chi connectivity index (χ1n) is 13.3. The molecule has 3 aliphatic carbocycles. The van der Waals surface area contributed by atoms with Crippen LogP contribution in [0, 0.1) is 39.9 Å². The molecule has 0 heterocycles. The average Bonchev–Trinajstić information content (AvgIpc) is 2.71. The number of aldehydes is 1. The number of hydrogen-bond acceptors (Lipinski definition) is 3. The summed E-state index contributed by atoms with van der Waals surface area (Å²) in [5.74, 6) is 1.97. The summed E-state index contributed by atoms with van der Waals surface area (Å²) >= 11 is 0. The van der Waals surface area contributed by atoms with E-state index in [0.717, 1.165) is 56.8 Å². The van der Waals surface area contributed by atoms with Crippen molar-refractivity contribution in [3.05, 3.63) is 11.1 Å². The number of carbonyl (C=O) groups excluding carboxylic acids is 2. The molecular formula is C29H48O3. The Kier molecular flexibility index (Phi) is 7.50. The van der Waals surface area contributed by atoms with E-state index in [4.69, 9.17) is 0 Å². The monoisotopic (exact) mass is 444 g/mol. The van der Waals surface area contributed by atoms with Crippen LogP contribution in [0.15, 0.2) is 11.1 Å². The highest BCUT2D eigenvalue weighted by Gasteiger charge is 2.57. The van der Waals surface area contributed by atoms with E-state index >= 15 is 0 Å². The molecule has 0 bridgehead atoms. The second-order valence-corrected chi connectivity index (χ2v) is 12.9. The zero-order valence-electron chi connectivity index (χ0n) is 21.8. The van der Waals surface area contributed by atoms with Gasteiger partial charge in [-0.25, -0.2) is 0 Å². The number of allylic oxidation sites excluding steroid dienone is 2. The maximum atomic E-state index is 14.1. The fourth-order valence-electron chi connectivity index (χ4n) is 8.03. The molecule has 0 aromatic carbocycles. The summed E-state index contributed by atoms with van der Waals surface area (Å²) in [6, 6.07) is 0. The van der Waals surface area contributed by atoms with Gasteiger partial charge < -0.3 is 9.90 Å². The van der Waals surface area contributed by atoms with Gasteiger partial charge in [0.1, 0.15) is 6.29 Å². The van der Waals surface area contributed by atoms with Crippen molar-refractivity contribution in [1.82, 2.24) is 0 Å². The van der Waals surface area contributed by atoms with Crippen molar-refractivity contribution in [3.8, 4) is 0 Å². The largest absolute Gasteiger partial charge is 0.393 e. The summed E-state index contributed by atoms with van der Waals surface area (Å²) < 4.78 is 0. The molecule has 3 aliphatic rings. The number of aliphatic hydroxyl groups excluding tert-OH is 1. The van der Waals surface area contributed by atoms with Gasteiger partial charge >= 0.3 is 0 Å². The molecule has 0 saturated heterocycles. The van der Waals surface area contributed by atoms with Crippen LogP contribution in [-0.4, -0.2) is 23.3 Å². The Morgan fingerprint density at radius 2 is 1.72 bits per heavy atom. The van der Waals surface area contributed by atoms with Gasteiger partial charge in [-0.3, -0.25) is 4.79 Å². The summed E-state index contributed by atoms with van der Waals surface area (Å²) in [4.78, 5) is 25.8. The minimum Gasteiger partial charge on any atom is -0.393 e. The number of rotatable bonds is 8. The minimum atomic E-state index is -0.427. The molecule has 182 valence electrons. The molecule has 3 heteroatoms. The summed E-state index contributed by atoms with van der Waals surface area (Å²) in [5, 5.41) is 10.7. The van der Waals surface area contributed by atoms with Gasteiger partial charge in [0, 0.05) is 11.8 Å². The van der Waals surface area contributed by atoms with E-state index < -0.39 is 5.41 Å². The zero-order chi connectivity index (χ0) is 23.9. The highest BCUT2D eigenvalue weighted by molar-refractivity contribution is 6.02. The SMILES string of the molecule is CC(C)CCCC(C)C(CC=O)C1(C)CCC2=C(CCC3C2(C)CCC(O)C3(C)C)C1=O. The van der Waals surface area contributed by atoms with Crippen molar-refractivity contribution >= 4 is 12.1 Å². The lowest BCUT2D eigenvalue weighted by Gasteiger charge is -2.58. The van der Waals surface area contributed by atoms with Crippen molar-refractivity contribution in [1.29, 1.82) is 0 Å². The van der Waals surface area contributed by atoms with Crippen molar-refractivity contribution in [2.75, 3.05) is 0 Å². The maximum Gasteiger partial charge on any atom is 0.164 e. The molecule has 0 aromatic heterocycles. The number of aliphatic hydroxyl groups is 1. The van der Waals surface area contributed by atoms with Gasteiger partial charge in [-0.1, -0.05) is 73.3 Å². The average molecular weight is 445 g/mol. The number of carbonyl (C=O) groups is 2. The molecule has 6 atom stereocenters. The third-order valence-electron chi connectivity index (χ3n) is 10.2. The number of hydrogen-bond donors (Lipinski definition) is 1. The van der Waals surface area contributed by atoms with E-state index in [1.807, 2.05) is 0 Å². The van der Waals surface area contributed by atoms with Gasteiger partial charge in [0.05, 0.1) is 6.10 Å². The Morgan fingerprint density at radius 3 is 2.34 bits per heavy atom. The predicted octanol–water partition coefficient (Wildman–Crippen LogP) is 6.92. The van der Waals surface area contributed by atoms with E-state index in [2.05, 4.69) is 48.5 Å². The first kappa shape index (κ1) is 25.7. The zero-order valence-corrected chi connectivity index (χ0v) is 21.8. The van der Waals surface area contributed by atoms with E-state index in [-0.39, 0.29) is 22.9 Å². The third kappa shape index (κ3) is 4.28. The molecule has 1 N–H and O–H groups in total. The predicted molar refractivity (Wildman–Crippen MR) is 131 cm³/mol. The van der Waals surface area contributed by atoms with Crippen LogP contribution in [0.1, 0.15) is 113 Å². The molecule has 0 radical (unpaired) electrons. The van der Waals surface area contributed by atoms with Crippen LogP contribution in [0.25, 0.3) is 0 Å². The van der Waals surface area contributed by atoms with Crippen LogP contribution >= 0.6 is 0 Å². The normalized spacial score (nSPS) is 36.5. The molecule has 0 aliphatic heterocycles. The van der Waals surface area contributed by atoms with Crippen molar-refractivity contribution in [2.24, 2.45) is 39.9 Å². The van der Waals surface area contributed by atoms with Gasteiger partial charge in [0.25, 0.3) is 0 Å². The second kappa shape index (κ2) is 9.35. The molecule has 32 heavy (non-hydrogen) atoms. The lowest BCUT2D eigenvalue weighted by Crippen LogP contribution is -2.54. The molecule has 3 rings (SSSR count). The molecule has 3 nitrogen and oxygen atoms in total. The Bertz CT molecular complexity index is 748. The van der Waals surface area contributed by atoms with Crippen LogP contribution < -0.4 is 0 Å². The Hall–Kier alpha value is -0.960. The molecule has 0 amide bonds. The summed E-state index contributed by atoms with van der Waals surface area (Å²) in [6.45, 7) is 15.8. The van der Waals surface area contributed by atoms with Gasteiger partial charge in [-0.2, -0.15) is 0 Å². The Labute approximate surface area is 196 Å². The standard InChI is InChI=1S/C29H48O3/c1-19(2)9-8-10-20(3)22(15-18-30)29(7)16-13-23-21(26(29)32)11-12-24-27(4,5)25(31)14-17-28(23,24)6/h18-20,22,24-25,31H,8-17H2,1-7H3. The summed E-state index contributed by atoms with van der Waals surface area (Å²) in [5.41, 5.74) is 1.98. The van der Waals surface area contributed by atoms with Crippen LogP contribution in [0.2, 0.25) is 0 Å². The molecule has 6 unspecified atom stereocenters. The highest BCUT2D eigenvalue weighted by Crippen LogP contribution is 2.63. The molecular weight excluding hydrogens is 396 g/mol. The number of Topliss-reactive ketones (excluding diaryl/α,β-unsaturated/α-hetero) is 1. The molecule has 1 saturated carbocycles. The maximum absolute atomic E-state index is 14.1. The van der Waals surface area contributed by atoms with Crippen molar-refractivity contribution in [3.63, 3.8) is 0 Å². The van der Waals surface area contributed by atoms with Crippen molar-refractivity contribution < 1.29 is 14.7 Å². The van der Waals surface area contributed by atoms with E-state index in [1.165, 1.54) is 18.4 Å². The van der Waals surface area contributed by atoms with Crippen LogP contribution in [-0.2, 0) is 9.59 Å². The topological polar surface area (TPSA) is 54.4 Å². The molecule has 1 fully saturated rings. The van der Waals surface area contributed by atoms with E-state index in [9.17, 15) is 14.7 Å². The first-order chi connectivity index (χ1) is 14.9. The lowest BCUT2D eigenvalue weighted by molar-refractivity contribution is -0.133. The fourth-order valence-corrected chi connectivity index (χ4v) is 8.03. The van der Waals surface area contributed by atoms with Gasteiger partial charge in [0.2, 0.25) is 0 Å². The highest BCUT2D eigenvalue weighted by atomic mass is 16.3. The smallest absolute Gasteiger partial charge is 0.164 e. The summed E-state index contributed by atoms with van der Waals surface area (Å²) in [6.07, 6.45) is 10.2. The molecule has 0 spiro atoms. The Balaban J connectivity index is 1.89. The van der Waals surface area contributed by atoms with E-state index in [1.54, 1.807) is 0 Å². The van der Waals surface area contributed by atoms with Gasteiger partial charge in [0.15, 0.2) is 5.78 Å². The Morgan fingerprint density at radius 1 is 1.03 bits per heavy atom. The number of ketones is 1. The second-order valence-electron chi connectivity index (χ2n) is 12.9. The molecule has 0 aromatic rings.